The monoisotopic (exact) mass is 501 g/mol. The standard InChI is InChI=1S/C26H23N5O2S2/c1-19(21-6-3-2-4-7-21)25-17-30(16-23-14-28-18-29-23)24-10-9-20(13-27)12-22(24)15-31(25)35(32,33)26-8-5-11-34-26/h2-12,14,18,25H,1,15-17H2,(H,28,29)/t25-/m0/s1. The Morgan fingerprint density at radius 1 is 1.20 bits per heavy atom. The molecule has 0 saturated carbocycles. The van der Waals surface area contributed by atoms with E-state index in [1.807, 2.05) is 36.4 Å². The molecule has 0 radical (unpaired) electrons. The maximum atomic E-state index is 13.9. The van der Waals surface area contributed by atoms with Crippen LogP contribution >= 0.6 is 11.3 Å². The summed E-state index contributed by atoms with van der Waals surface area (Å²) in [6, 6.07) is 20.1. The van der Waals surface area contributed by atoms with Gasteiger partial charge in [-0.15, -0.1) is 11.3 Å². The number of nitriles is 1. The molecule has 0 amide bonds. The number of sulfonamides is 1. The van der Waals surface area contributed by atoms with Crippen molar-refractivity contribution in [3.8, 4) is 6.07 Å². The average Bonchev–Trinajstić information content (AvgIpc) is 3.58. The first-order valence-corrected chi connectivity index (χ1v) is 13.3. The molecule has 0 saturated heterocycles. The van der Waals surface area contributed by atoms with E-state index in [1.54, 1.807) is 42.2 Å². The lowest BCUT2D eigenvalue weighted by molar-refractivity contribution is 0.372. The summed E-state index contributed by atoms with van der Waals surface area (Å²) in [6.07, 6.45) is 3.39. The number of H-pyrrole nitrogens is 1. The summed E-state index contributed by atoms with van der Waals surface area (Å²) in [5, 5.41) is 11.3. The van der Waals surface area contributed by atoms with Gasteiger partial charge in [-0.1, -0.05) is 43.0 Å². The van der Waals surface area contributed by atoms with Gasteiger partial charge in [-0.2, -0.15) is 9.57 Å². The molecule has 5 rings (SSSR count). The van der Waals surface area contributed by atoms with Crippen molar-refractivity contribution in [2.75, 3.05) is 11.4 Å². The number of nitrogens with zero attached hydrogens (tertiary/aromatic N) is 4. The van der Waals surface area contributed by atoms with Crippen LogP contribution in [0, 0.1) is 11.3 Å². The molecular weight excluding hydrogens is 478 g/mol. The van der Waals surface area contributed by atoms with Crippen LogP contribution < -0.4 is 4.90 Å². The number of benzene rings is 2. The van der Waals surface area contributed by atoms with Crippen LogP contribution in [0.5, 0.6) is 0 Å². The van der Waals surface area contributed by atoms with Crippen molar-refractivity contribution >= 4 is 32.6 Å². The Balaban J connectivity index is 1.66. The number of hydrogen-bond acceptors (Lipinski definition) is 6. The fourth-order valence-electron chi connectivity index (χ4n) is 4.40. The molecule has 0 aliphatic carbocycles. The first-order chi connectivity index (χ1) is 17.0. The van der Waals surface area contributed by atoms with Crippen molar-refractivity contribution < 1.29 is 8.42 Å². The average molecular weight is 502 g/mol. The lowest BCUT2D eigenvalue weighted by atomic mass is 10.00. The molecule has 0 fully saturated rings. The molecule has 0 unspecified atom stereocenters. The molecule has 2 aromatic heterocycles. The van der Waals surface area contributed by atoms with Gasteiger partial charge in [0.05, 0.1) is 36.2 Å². The van der Waals surface area contributed by atoms with Crippen LogP contribution in [-0.4, -0.2) is 35.3 Å². The van der Waals surface area contributed by atoms with Gasteiger partial charge in [0.2, 0.25) is 0 Å². The summed E-state index contributed by atoms with van der Waals surface area (Å²) in [6.45, 7) is 5.38. The largest absolute Gasteiger partial charge is 0.363 e. The lowest BCUT2D eigenvalue weighted by Gasteiger charge is -2.33. The van der Waals surface area contributed by atoms with Gasteiger partial charge in [-0.3, -0.25) is 0 Å². The second kappa shape index (κ2) is 9.50. The molecule has 1 N–H and O–H groups in total. The second-order valence-corrected chi connectivity index (χ2v) is 11.4. The molecule has 0 bridgehead atoms. The van der Waals surface area contributed by atoms with Crippen LogP contribution in [0.25, 0.3) is 5.57 Å². The predicted molar refractivity (Wildman–Crippen MR) is 137 cm³/mol. The van der Waals surface area contributed by atoms with E-state index in [9.17, 15) is 13.7 Å². The maximum Gasteiger partial charge on any atom is 0.253 e. The molecule has 9 heteroatoms. The molecule has 4 aromatic rings. The zero-order valence-electron chi connectivity index (χ0n) is 18.8. The summed E-state index contributed by atoms with van der Waals surface area (Å²) in [5.41, 5.74) is 4.64. The van der Waals surface area contributed by atoms with Gasteiger partial charge in [0.15, 0.2) is 0 Å². The molecule has 1 atom stereocenters. The maximum absolute atomic E-state index is 13.9. The van der Waals surface area contributed by atoms with Crippen molar-refractivity contribution in [2.24, 2.45) is 0 Å². The third-order valence-corrected chi connectivity index (χ3v) is 9.37. The fourth-order valence-corrected chi connectivity index (χ4v) is 7.11. The van der Waals surface area contributed by atoms with E-state index in [0.717, 1.165) is 22.5 Å². The van der Waals surface area contributed by atoms with Gasteiger partial charge in [0.1, 0.15) is 4.21 Å². The van der Waals surface area contributed by atoms with Gasteiger partial charge in [-0.05, 0) is 46.3 Å². The Hall–Kier alpha value is -3.71. The van der Waals surface area contributed by atoms with Gasteiger partial charge in [0, 0.05) is 25.0 Å². The van der Waals surface area contributed by atoms with Crippen molar-refractivity contribution in [3.63, 3.8) is 0 Å². The highest BCUT2D eigenvalue weighted by Crippen LogP contribution is 2.37. The van der Waals surface area contributed by atoms with E-state index in [0.29, 0.717) is 24.2 Å². The summed E-state index contributed by atoms with van der Waals surface area (Å²) in [4.78, 5) is 9.41. The first kappa shape index (κ1) is 23.1. The summed E-state index contributed by atoms with van der Waals surface area (Å²) >= 11 is 1.19. The SMILES string of the molecule is C=C(c1ccccc1)[C@@H]1CN(Cc2cnc[nH]2)c2ccc(C#N)cc2CN1S(=O)(=O)c1cccs1. The van der Waals surface area contributed by atoms with E-state index in [1.165, 1.54) is 15.6 Å². The Labute approximate surface area is 208 Å². The number of anilines is 1. The minimum absolute atomic E-state index is 0.126. The predicted octanol–water partition coefficient (Wildman–Crippen LogP) is 4.64. The molecule has 0 spiro atoms. The van der Waals surface area contributed by atoms with Crippen molar-refractivity contribution in [1.82, 2.24) is 14.3 Å². The van der Waals surface area contributed by atoms with Crippen LogP contribution in [0.2, 0.25) is 0 Å². The minimum atomic E-state index is -3.83. The Bertz CT molecular complexity index is 1470. The van der Waals surface area contributed by atoms with Crippen LogP contribution in [0.4, 0.5) is 5.69 Å². The van der Waals surface area contributed by atoms with Crippen LogP contribution in [0.15, 0.2) is 89.4 Å². The van der Waals surface area contributed by atoms with Crippen LogP contribution in [-0.2, 0) is 23.1 Å². The number of nitrogens with one attached hydrogen (secondary N) is 1. The third kappa shape index (κ3) is 4.51. The molecular formula is C26H23N5O2S2. The third-order valence-electron chi connectivity index (χ3n) is 6.14. The van der Waals surface area contributed by atoms with Gasteiger partial charge in [0.25, 0.3) is 10.0 Å². The van der Waals surface area contributed by atoms with E-state index >= 15 is 0 Å². The topological polar surface area (TPSA) is 93.1 Å². The molecule has 2 aromatic carbocycles. The molecule has 35 heavy (non-hydrogen) atoms. The van der Waals surface area contributed by atoms with Crippen molar-refractivity contribution in [1.29, 1.82) is 5.26 Å². The van der Waals surface area contributed by atoms with Gasteiger partial charge in [-0.25, -0.2) is 13.4 Å². The Morgan fingerprint density at radius 3 is 2.71 bits per heavy atom. The molecule has 7 nitrogen and oxygen atoms in total. The van der Waals surface area contributed by atoms with Crippen LogP contribution in [0.1, 0.15) is 22.4 Å². The quantitative estimate of drug-likeness (QED) is 0.416. The lowest BCUT2D eigenvalue weighted by Crippen LogP contribution is -2.44. The van der Waals surface area contributed by atoms with E-state index < -0.39 is 16.1 Å². The zero-order valence-corrected chi connectivity index (χ0v) is 20.5. The van der Waals surface area contributed by atoms with E-state index in [4.69, 9.17) is 0 Å². The number of thiophene rings is 1. The molecule has 1 aliphatic rings. The fraction of sp³-hybridized carbons (Fsp3) is 0.154. The van der Waals surface area contributed by atoms with E-state index in [-0.39, 0.29) is 10.8 Å². The Kier molecular flexibility index (Phi) is 6.26. The molecule has 3 heterocycles. The number of imidazole rings is 1. The normalized spacial score (nSPS) is 16.3. The highest BCUT2D eigenvalue weighted by molar-refractivity contribution is 7.91. The highest BCUT2D eigenvalue weighted by Gasteiger charge is 2.38. The van der Waals surface area contributed by atoms with Gasteiger partial charge >= 0.3 is 0 Å². The van der Waals surface area contributed by atoms with Crippen LogP contribution in [0.3, 0.4) is 0 Å². The summed E-state index contributed by atoms with van der Waals surface area (Å²) in [7, 11) is -3.83. The van der Waals surface area contributed by atoms with Crippen molar-refractivity contribution in [3.05, 3.63) is 108 Å². The second-order valence-electron chi connectivity index (χ2n) is 8.30. The number of rotatable bonds is 6. The van der Waals surface area contributed by atoms with E-state index in [2.05, 4.69) is 27.5 Å². The number of aromatic amines is 1. The number of fused-ring (bicyclic) bond motifs is 1. The minimum Gasteiger partial charge on any atom is -0.363 e. The first-order valence-electron chi connectivity index (χ1n) is 11.0. The van der Waals surface area contributed by atoms with Gasteiger partial charge < -0.3 is 9.88 Å². The molecule has 1 aliphatic heterocycles. The zero-order chi connectivity index (χ0) is 24.4. The smallest absolute Gasteiger partial charge is 0.253 e. The number of aromatic nitrogens is 2. The Morgan fingerprint density at radius 2 is 2.03 bits per heavy atom. The summed E-state index contributed by atoms with van der Waals surface area (Å²) < 4.78 is 29.7. The van der Waals surface area contributed by atoms with Crippen molar-refractivity contribution in [2.45, 2.75) is 23.3 Å². The number of hydrogen-bond donors (Lipinski definition) is 1. The highest BCUT2D eigenvalue weighted by atomic mass is 32.2. The molecule has 176 valence electrons. The summed E-state index contributed by atoms with van der Waals surface area (Å²) in [5.74, 6) is 0.